The van der Waals surface area contributed by atoms with Gasteiger partial charge in [0.1, 0.15) is 11.5 Å². The molecule has 2 aromatic carbocycles. The second-order valence-corrected chi connectivity index (χ2v) is 5.78. The lowest BCUT2D eigenvalue weighted by atomic mass is 10.1. The van der Waals surface area contributed by atoms with Crippen molar-refractivity contribution in [2.75, 3.05) is 13.7 Å². The fraction of sp³-hybridized carbons (Fsp3) is 0.250. The maximum Gasteiger partial charge on any atom is 0.258 e. The number of hydrogen-bond donors (Lipinski definition) is 0. The van der Waals surface area contributed by atoms with Gasteiger partial charge in [-0.05, 0) is 55.1 Å². The molecule has 0 aliphatic heterocycles. The van der Waals surface area contributed by atoms with Crippen LogP contribution < -0.4 is 15.0 Å². The van der Waals surface area contributed by atoms with Crippen molar-refractivity contribution in [1.82, 2.24) is 4.57 Å². The summed E-state index contributed by atoms with van der Waals surface area (Å²) in [5, 5.41) is 1.60. The van der Waals surface area contributed by atoms with E-state index in [1.54, 1.807) is 11.7 Å². The molecule has 3 rings (SSSR count). The van der Waals surface area contributed by atoms with Crippen LogP contribution in [0.4, 0.5) is 0 Å². The Balaban J connectivity index is 1.64. The minimum Gasteiger partial charge on any atom is -0.497 e. The Labute approximate surface area is 141 Å². The molecule has 1 aromatic heterocycles. The molecule has 24 heavy (non-hydrogen) atoms. The summed E-state index contributed by atoms with van der Waals surface area (Å²) < 4.78 is 12.6. The van der Waals surface area contributed by atoms with Gasteiger partial charge >= 0.3 is 0 Å². The Morgan fingerprint density at radius 3 is 2.50 bits per heavy atom. The van der Waals surface area contributed by atoms with Gasteiger partial charge in [-0.2, -0.15) is 0 Å². The van der Waals surface area contributed by atoms with Crippen LogP contribution in [-0.4, -0.2) is 18.3 Å². The van der Waals surface area contributed by atoms with Gasteiger partial charge in [0, 0.05) is 18.1 Å². The average Bonchev–Trinajstić information content (AvgIpc) is 2.61. The molecular weight excluding hydrogens is 302 g/mol. The van der Waals surface area contributed by atoms with Gasteiger partial charge in [-0.1, -0.05) is 17.7 Å². The average molecular weight is 323 g/mol. The third-order valence-corrected chi connectivity index (χ3v) is 4.02. The van der Waals surface area contributed by atoms with Gasteiger partial charge in [0.2, 0.25) is 0 Å². The summed E-state index contributed by atoms with van der Waals surface area (Å²) in [6.45, 7) is 3.26. The van der Waals surface area contributed by atoms with Crippen LogP contribution in [0.1, 0.15) is 12.0 Å². The first-order chi connectivity index (χ1) is 11.7. The van der Waals surface area contributed by atoms with Gasteiger partial charge in [-0.25, -0.2) is 0 Å². The lowest BCUT2D eigenvalue weighted by Gasteiger charge is -2.09. The molecule has 0 saturated heterocycles. The molecule has 124 valence electrons. The third kappa shape index (κ3) is 3.59. The number of methoxy groups -OCH3 is 1. The molecule has 0 bridgehead atoms. The molecule has 4 nitrogen and oxygen atoms in total. The van der Waals surface area contributed by atoms with Crippen molar-refractivity contribution in [3.05, 3.63) is 70.6 Å². The van der Waals surface area contributed by atoms with Gasteiger partial charge in [0.05, 0.1) is 13.7 Å². The van der Waals surface area contributed by atoms with Crippen molar-refractivity contribution >= 4 is 10.8 Å². The van der Waals surface area contributed by atoms with Crippen molar-refractivity contribution in [2.45, 2.75) is 19.9 Å². The molecule has 0 amide bonds. The highest BCUT2D eigenvalue weighted by Gasteiger charge is 2.04. The third-order valence-electron chi connectivity index (χ3n) is 4.02. The van der Waals surface area contributed by atoms with Gasteiger partial charge < -0.3 is 14.0 Å². The van der Waals surface area contributed by atoms with E-state index in [4.69, 9.17) is 9.47 Å². The van der Waals surface area contributed by atoms with E-state index >= 15 is 0 Å². The van der Waals surface area contributed by atoms with E-state index in [1.807, 2.05) is 61.7 Å². The zero-order valence-electron chi connectivity index (χ0n) is 14.0. The Hall–Kier alpha value is -2.75. The first kappa shape index (κ1) is 16.1. The van der Waals surface area contributed by atoms with E-state index in [0.29, 0.717) is 18.5 Å². The molecule has 0 spiro atoms. The summed E-state index contributed by atoms with van der Waals surface area (Å²) in [7, 11) is 1.62. The molecule has 0 atom stereocenters. The molecule has 0 aliphatic rings. The summed E-state index contributed by atoms with van der Waals surface area (Å²) in [6, 6.07) is 15.4. The maximum atomic E-state index is 12.5. The lowest BCUT2D eigenvalue weighted by molar-refractivity contribution is 0.301. The minimum atomic E-state index is 0.0190. The van der Waals surface area contributed by atoms with Crippen LogP contribution in [0.5, 0.6) is 11.5 Å². The van der Waals surface area contributed by atoms with Crippen LogP contribution in [0.25, 0.3) is 10.8 Å². The first-order valence-electron chi connectivity index (χ1n) is 8.04. The number of ether oxygens (including phenoxy) is 2. The fourth-order valence-electron chi connectivity index (χ4n) is 2.63. The summed E-state index contributed by atoms with van der Waals surface area (Å²) in [6.07, 6.45) is 2.60. The molecule has 0 radical (unpaired) electrons. The van der Waals surface area contributed by atoms with Crippen LogP contribution in [0, 0.1) is 6.92 Å². The topological polar surface area (TPSA) is 40.5 Å². The highest BCUT2D eigenvalue weighted by molar-refractivity contribution is 5.82. The van der Waals surface area contributed by atoms with Gasteiger partial charge in [0.15, 0.2) is 0 Å². The number of fused-ring (bicyclic) bond motifs is 1. The summed E-state index contributed by atoms with van der Waals surface area (Å²) in [4.78, 5) is 12.5. The van der Waals surface area contributed by atoms with E-state index in [-0.39, 0.29) is 5.56 Å². The predicted molar refractivity (Wildman–Crippen MR) is 96.1 cm³/mol. The number of aryl methyl sites for hydroxylation is 2. The quantitative estimate of drug-likeness (QED) is 0.648. The smallest absolute Gasteiger partial charge is 0.258 e. The van der Waals surface area contributed by atoms with Crippen LogP contribution in [0.15, 0.2) is 59.5 Å². The Kier molecular flexibility index (Phi) is 4.85. The number of benzene rings is 2. The van der Waals surface area contributed by atoms with Crippen LogP contribution in [0.2, 0.25) is 0 Å². The Bertz CT molecular complexity index is 882. The van der Waals surface area contributed by atoms with Crippen molar-refractivity contribution < 1.29 is 9.47 Å². The monoisotopic (exact) mass is 323 g/mol. The van der Waals surface area contributed by atoms with E-state index < -0.39 is 0 Å². The van der Waals surface area contributed by atoms with E-state index in [9.17, 15) is 4.79 Å². The molecular formula is C20H21NO3. The number of rotatable bonds is 6. The number of nitrogens with zero attached hydrogens (tertiary/aromatic N) is 1. The van der Waals surface area contributed by atoms with Crippen LogP contribution in [-0.2, 0) is 6.54 Å². The van der Waals surface area contributed by atoms with Crippen molar-refractivity contribution in [3.8, 4) is 11.5 Å². The van der Waals surface area contributed by atoms with Crippen LogP contribution >= 0.6 is 0 Å². The van der Waals surface area contributed by atoms with Crippen molar-refractivity contribution in [1.29, 1.82) is 0 Å². The van der Waals surface area contributed by atoms with E-state index in [0.717, 1.165) is 23.3 Å². The van der Waals surface area contributed by atoms with Crippen LogP contribution in [0.3, 0.4) is 0 Å². The van der Waals surface area contributed by atoms with Crippen molar-refractivity contribution in [3.63, 3.8) is 0 Å². The molecule has 3 aromatic rings. The normalized spacial score (nSPS) is 10.8. The number of hydrogen-bond acceptors (Lipinski definition) is 3. The summed E-state index contributed by atoms with van der Waals surface area (Å²) in [5.74, 6) is 1.62. The van der Waals surface area contributed by atoms with Crippen molar-refractivity contribution in [2.24, 2.45) is 0 Å². The largest absolute Gasteiger partial charge is 0.497 e. The molecule has 0 aliphatic carbocycles. The zero-order valence-corrected chi connectivity index (χ0v) is 14.0. The van der Waals surface area contributed by atoms with E-state index in [2.05, 4.69) is 0 Å². The maximum absolute atomic E-state index is 12.5. The predicted octanol–water partition coefficient (Wildman–Crippen LogP) is 3.79. The fourth-order valence-corrected chi connectivity index (χ4v) is 2.63. The Morgan fingerprint density at radius 1 is 1.00 bits per heavy atom. The summed E-state index contributed by atoms with van der Waals surface area (Å²) >= 11 is 0. The number of aromatic nitrogens is 1. The lowest BCUT2D eigenvalue weighted by Crippen LogP contribution is -2.20. The van der Waals surface area contributed by atoms with E-state index in [1.165, 1.54) is 5.56 Å². The molecule has 1 heterocycles. The number of pyridine rings is 1. The zero-order chi connectivity index (χ0) is 16.9. The molecule has 0 N–H and O–H groups in total. The standard InChI is InChI=1S/C20H21NO3/c1-15-4-6-17(7-5-15)24-13-3-11-21-12-10-16-14-18(23-2)8-9-19(16)20(21)22/h4-10,12,14H,3,11,13H2,1-2H3. The van der Waals surface area contributed by atoms with Gasteiger partial charge in [-0.15, -0.1) is 0 Å². The molecule has 0 fully saturated rings. The highest BCUT2D eigenvalue weighted by atomic mass is 16.5. The molecule has 4 heteroatoms. The SMILES string of the molecule is COc1ccc2c(=O)n(CCCOc3ccc(C)cc3)ccc2c1. The minimum absolute atomic E-state index is 0.0190. The first-order valence-corrected chi connectivity index (χ1v) is 8.04. The van der Waals surface area contributed by atoms with Gasteiger partial charge in [0.25, 0.3) is 5.56 Å². The molecule has 0 unspecified atom stereocenters. The molecule has 0 saturated carbocycles. The van der Waals surface area contributed by atoms with Gasteiger partial charge in [-0.3, -0.25) is 4.79 Å². The summed E-state index contributed by atoms with van der Waals surface area (Å²) in [5.41, 5.74) is 1.23. The highest BCUT2D eigenvalue weighted by Crippen LogP contribution is 2.18. The Morgan fingerprint density at radius 2 is 1.75 bits per heavy atom. The second-order valence-electron chi connectivity index (χ2n) is 5.78. The second kappa shape index (κ2) is 7.21.